The summed E-state index contributed by atoms with van der Waals surface area (Å²) in [4.78, 5) is 29.4. The van der Waals surface area contributed by atoms with Crippen molar-refractivity contribution in [3.8, 4) is 0 Å². The lowest BCUT2D eigenvalue weighted by atomic mass is 10.0. The number of nitrogens with zero attached hydrogens (tertiary/aromatic N) is 2. The predicted octanol–water partition coefficient (Wildman–Crippen LogP) is 2.46. The van der Waals surface area contributed by atoms with Gasteiger partial charge in [-0.2, -0.15) is 0 Å². The second-order valence-corrected chi connectivity index (χ2v) is 6.89. The molecule has 23 heavy (non-hydrogen) atoms. The number of nitrogens with one attached hydrogen (secondary N) is 1. The number of piperidine rings is 1. The number of hydrogen-bond donors (Lipinski definition) is 1. The number of pyridine rings is 1. The maximum atomic E-state index is 12.1. The molecule has 1 aromatic heterocycles. The van der Waals surface area contributed by atoms with E-state index in [0.717, 1.165) is 31.6 Å². The molecule has 1 aliphatic heterocycles. The number of ether oxygens (including phenoxy) is 1. The molecule has 0 radical (unpaired) electrons. The van der Waals surface area contributed by atoms with Crippen LogP contribution in [0.5, 0.6) is 0 Å². The number of rotatable bonds is 3. The number of amides is 1. The lowest BCUT2D eigenvalue weighted by molar-refractivity contribution is -0.129. The molecule has 6 nitrogen and oxygen atoms in total. The van der Waals surface area contributed by atoms with Crippen LogP contribution in [-0.2, 0) is 9.53 Å². The third-order valence-electron chi connectivity index (χ3n) is 3.68. The number of aromatic nitrogens is 1. The monoisotopic (exact) mass is 319 g/mol. The van der Waals surface area contributed by atoms with Crippen LogP contribution in [0.3, 0.4) is 0 Å². The first-order valence-electron chi connectivity index (χ1n) is 7.95. The SMILES string of the molecule is CC(=O)N1CCC(Nc2cncc(C(=O)OC(C)(C)C)c2)CC1. The highest BCUT2D eigenvalue weighted by atomic mass is 16.6. The molecule has 0 spiro atoms. The summed E-state index contributed by atoms with van der Waals surface area (Å²) >= 11 is 0. The summed E-state index contributed by atoms with van der Waals surface area (Å²) in [5, 5.41) is 3.39. The topological polar surface area (TPSA) is 71.5 Å². The summed E-state index contributed by atoms with van der Waals surface area (Å²) in [7, 11) is 0. The molecule has 1 N–H and O–H groups in total. The molecule has 0 aliphatic carbocycles. The van der Waals surface area contributed by atoms with Crippen LogP contribution in [0.2, 0.25) is 0 Å². The van der Waals surface area contributed by atoms with Crippen molar-refractivity contribution in [3.63, 3.8) is 0 Å². The second-order valence-electron chi connectivity index (χ2n) is 6.89. The fourth-order valence-corrected chi connectivity index (χ4v) is 2.54. The van der Waals surface area contributed by atoms with Crippen molar-refractivity contribution in [1.29, 1.82) is 0 Å². The summed E-state index contributed by atoms with van der Waals surface area (Å²) in [6.07, 6.45) is 4.98. The zero-order chi connectivity index (χ0) is 17.0. The van der Waals surface area contributed by atoms with E-state index in [-0.39, 0.29) is 17.9 Å². The Hall–Kier alpha value is -2.11. The van der Waals surface area contributed by atoms with Gasteiger partial charge < -0.3 is 15.0 Å². The minimum absolute atomic E-state index is 0.122. The van der Waals surface area contributed by atoms with Gasteiger partial charge in [0.05, 0.1) is 11.3 Å². The molecule has 1 saturated heterocycles. The van der Waals surface area contributed by atoms with Crippen LogP contribution in [0.15, 0.2) is 18.5 Å². The van der Waals surface area contributed by atoms with Gasteiger partial charge in [-0.1, -0.05) is 0 Å². The van der Waals surface area contributed by atoms with E-state index >= 15 is 0 Å². The number of carbonyl (C=O) groups is 2. The first-order valence-corrected chi connectivity index (χ1v) is 7.95. The van der Waals surface area contributed by atoms with Gasteiger partial charge in [0.25, 0.3) is 0 Å². The van der Waals surface area contributed by atoms with E-state index in [1.165, 1.54) is 6.20 Å². The molecule has 126 valence electrons. The largest absolute Gasteiger partial charge is 0.456 e. The van der Waals surface area contributed by atoms with Crippen molar-refractivity contribution in [2.75, 3.05) is 18.4 Å². The van der Waals surface area contributed by atoms with Gasteiger partial charge in [0.2, 0.25) is 5.91 Å². The molecule has 1 aliphatic rings. The highest BCUT2D eigenvalue weighted by Crippen LogP contribution is 2.18. The van der Waals surface area contributed by atoms with Gasteiger partial charge in [-0.25, -0.2) is 4.79 Å². The van der Waals surface area contributed by atoms with Crippen molar-refractivity contribution in [2.24, 2.45) is 0 Å². The van der Waals surface area contributed by atoms with Crippen molar-refractivity contribution < 1.29 is 14.3 Å². The van der Waals surface area contributed by atoms with E-state index in [0.29, 0.717) is 5.56 Å². The maximum Gasteiger partial charge on any atom is 0.340 e. The molecule has 0 atom stereocenters. The van der Waals surface area contributed by atoms with Crippen LogP contribution in [0.1, 0.15) is 50.9 Å². The van der Waals surface area contributed by atoms with Crippen LogP contribution < -0.4 is 5.32 Å². The Bertz CT molecular complexity index is 573. The molecule has 2 rings (SSSR count). The Balaban J connectivity index is 1.96. The molecule has 1 fully saturated rings. The Morgan fingerprint density at radius 3 is 2.48 bits per heavy atom. The number of carbonyl (C=O) groups excluding carboxylic acids is 2. The van der Waals surface area contributed by atoms with E-state index < -0.39 is 5.60 Å². The summed E-state index contributed by atoms with van der Waals surface area (Å²) in [6.45, 7) is 8.62. The van der Waals surface area contributed by atoms with Gasteiger partial charge in [-0.15, -0.1) is 0 Å². The first-order chi connectivity index (χ1) is 10.7. The molecule has 0 saturated carbocycles. The summed E-state index contributed by atoms with van der Waals surface area (Å²) in [6, 6.07) is 2.04. The normalized spacial score (nSPS) is 16.1. The third-order valence-corrected chi connectivity index (χ3v) is 3.68. The van der Waals surface area contributed by atoms with Gasteiger partial charge in [0.1, 0.15) is 5.60 Å². The highest BCUT2D eigenvalue weighted by Gasteiger charge is 2.22. The van der Waals surface area contributed by atoms with E-state index in [2.05, 4.69) is 10.3 Å². The summed E-state index contributed by atoms with van der Waals surface area (Å²) < 4.78 is 5.36. The van der Waals surface area contributed by atoms with Crippen molar-refractivity contribution >= 4 is 17.6 Å². The predicted molar refractivity (Wildman–Crippen MR) is 88.3 cm³/mol. The lowest BCUT2D eigenvalue weighted by Crippen LogP contribution is -2.41. The second kappa shape index (κ2) is 6.98. The zero-order valence-corrected chi connectivity index (χ0v) is 14.3. The average Bonchev–Trinajstić information content (AvgIpc) is 2.46. The Morgan fingerprint density at radius 2 is 1.91 bits per heavy atom. The smallest absolute Gasteiger partial charge is 0.340 e. The van der Waals surface area contributed by atoms with Crippen molar-refractivity contribution in [1.82, 2.24) is 9.88 Å². The van der Waals surface area contributed by atoms with Crippen LogP contribution in [0, 0.1) is 0 Å². The van der Waals surface area contributed by atoms with Gasteiger partial charge in [0, 0.05) is 38.4 Å². The molecule has 0 aromatic carbocycles. The third kappa shape index (κ3) is 5.23. The van der Waals surface area contributed by atoms with E-state index in [1.54, 1.807) is 19.2 Å². The van der Waals surface area contributed by atoms with Crippen LogP contribution in [-0.4, -0.2) is 46.5 Å². The van der Waals surface area contributed by atoms with Gasteiger partial charge in [-0.3, -0.25) is 9.78 Å². The molecule has 0 bridgehead atoms. The van der Waals surface area contributed by atoms with Gasteiger partial charge in [0.15, 0.2) is 0 Å². The molecule has 1 aromatic rings. The highest BCUT2D eigenvalue weighted by molar-refractivity contribution is 5.90. The Kier molecular flexibility index (Phi) is 5.23. The maximum absolute atomic E-state index is 12.1. The van der Waals surface area contributed by atoms with Crippen molar-refractivity contribution in [2.45, 2.75) is 52.2 Å². The number of anilines is 1. The number of esters is 1. The minimum Gasteiger partial charge on any atom is -0.456 e. The molecule has 1 amide bonds. The lowest BCUT2D eigenvalue weighted by Gasteiger charge is -2.32. The number of likely N-dealkylation sites (tertiary alicyclic amines) is 1. The minimum atomic E-state index is -0.528. The van der Waals surface area contributed by atoms with E-state index in [4.69, 9.17) is 4.74 Å². The quantitative estimate of drug-likeness (QED) is 0.867. The van der Waals surface area contributed by atoms with Crippen molar-refractivity contribution in [3.05, 3.63) is 24.0 Å². The zero-order valence-electron chi connectivity index (χ0n) is 14.3. The molecular formula is C17H25N3O3. The fraction of sp³-hybridized carbons (Fsp3) is 0.588. The number of hydrogen-bond acceptors (Lipinski definition) is 5. The standard InChI is InChI=1S/C17H25N3O3/c1-12(21)20-7-5-14(6-8-20)19-15-9-13(10-18-11-15)16(22)23-17(2,3)4/h9-11,14,19H,5-8H2,1-4H3. The average molecular weight is 319 g/mol. The van der Waals surface area contributed by atoms with Crippen LogP contribution in [0.25, 0.3) is 0 Å². The Morgan fingerprint density at radius 1 is 1.26 bits per heavy atom. The molecular weight excluding hydrogens is 294 g/mol. The Labute approximate surface area is 137 Å². The molecule has 6 heteroatoms. The molecule has 2 heterocycles. The first kappa shape index (κ1) is 17.2. The van der Waals surface area contributed by atoms with Crippen LogP contribution >= 0.6 is 0 Å². The summed E-state index contributed by atoms with van der Waals surface area (Å²) in [5.41, 5.74) is 0.709. The van der Waals surface area contributed by atoms with E-state index in [1.807, 2.05) is 25.7 Å². The fourth-order valence-electron chi connectivity index (χ4n) is 2.54. The van der Waals surface area contributed by atoms with Gasteiger partial charge in [-0.05, 0) is 39.7 Å². The van der Waals surface area contributed by atoms with Crippen LogP contribution in [0.4, 0.5) is 5.69 Å². The summed E-state index contributed by atoms with van der Waals surface area (Å²) in [5.74, 6) is -0.253. The molecule has 0 unspecified atom stereocenters. The van der Waals surface area contributed by atoms with Gasteiger partial charge >= 0.3 is 5.97 Å². The van der Waals surface area contributed by atoms with E-state index in [9.17, 15) is 9.59 Å².